The van der Waals surface area contributed by atoms with E-state index in [-0.39, 0.29) is 12.4 Å². The number of benzene rings is 2. The van der Waals surface area contributed by atoms with Gasteiger partial charge in [-0.2, -0.15) is 0 Å². The van der Waals surface area contributed by atoms with Crippen LogP contribution in [0.25, 0.3) is 0 Å². The van der Waals surface area contributed by atoms with E-state index in [4.69, 9.17) is 14.2 Å². The van der Waals surface area contributed by atoms with Crippen LogP contribution in [0.5, 0.6) is 11.5 Å². The molecule has 0 aliphatic heterocycles. The largest absolute Gasteiger partial charge is 0.489 e. The third-order valence-electron chi connectivity index (χ3n) is 3.28. The van der Waals surface area contributed by atoms with Gasteiger partial charge in [0.2, 0.25) is 0 Å². The topological polar surface area (TPSA) is 61.8 Å². The highest BCUT2D eigenvalue weighted by Crippen LogP contribution is 2.25. The first kappa shape index (κ1) is 17.5. The summed E-state index contributed by atoms with van der Waals surface area (Å²) in [5.41, 5.74) is 1.37. The molecule has 126 valence electrons. The SMILES string of the molecule is CCOC(=O)C(C)Oc1cc(OCc2ccccc2)ccc1C=O. The maximum Gasteiger partial charge on any atom is 0.347 e. The molecule has 0 radical (unpaired) electrons. The zero-order valence-corrected chi connectivity index (χ0v) is 13.7. The van der Waals surface area contributed by atoms with E-state index in [0.717, 1.165) is 5.56 Å². The molecule has 0 amide bonds. The fraction of sp³-hybridized carbons (Fsp3) is 0.263. The van der Waals surface area contributed by atoms with Crippen molar-refractivity contribution in [2.24, 2.45) is 0 Å². The summed E-state index contributed by atoms with van der Waals surface area (Å²) in [6.45, 7) is 3.96. The molecule has 0 saturated carbocycles. The molecule has 0 saturated heterocycles. The minimum atomic E-state index is -0.812. The molecule has 0 N–H and O–H groups in total. The predicted molar refractivity (Wildman–Crippen MR) is 89.3 cm³/mol. The van der Waals surface area contributed by atoms with Gasteiger partial charge in [0.05, 0.1) is 12.2 Å². The number of ether oxygens (including phenoxy) is 3. The van der Waals surface area contributed by atoms with Crippen molar-refractivity contribution in [1.82, 2.24) is 0 Å². The van der Waals surface area contributed by atoms with E-state index in [1.165, 1.54) is 0 Å². The highest BCUT2D eigenvalue weighted by atomic mass is 16.6. The molecule has 24 heavy (non-hydrogen) atoms. The molecule has 1 unspecified atom stereocenters. The first-order chi connectivity index (χ1) is 11.6. The van der Waals surface area contributed by atoms with Gasteiger partial charge in [0, 0.05) is 6.07 Å². The summed E-state index contributed by atoms with van der Waals surface area (Å²) in [7, 11) is 0. The second-order valence-electron chi connectivity index (χ2n) is 5.10. The Bertz CT molecular complexity index is 681. The first-order valence-corrected chi connectivity index (χ1v) is 7.73. The average molecular weight is 328 g/mol. The van der Waals surface area contributed by atoms with Crippen molar-refractivity contribution in [3.8, 4) is 11.5 Å². The second kappa shape index (κ2) is 8.72. The van der Waals surface area contributed by atoms with Gasteiger partial charge in [0.15, 0.2) is 12.4 Å². The molecule has 0 spiro atoms. The Morgan fingerprint density at radius 3 is 2.58 bits per heavy atom. The Balaban J connectivity index is 2.09. The molecule has 5 heteroatoms. The summed E-state index contributed by atoms with van der Waals surface area (Å²) in [6.07, 6.45) is -0.137. The van der Waals surface area contributed by atoms with Crippen LogP contribution in [0.3, 0.4) is 0 Å². The quantitative estimate of drug-likeness (QED) is 0.549. The molecule has 2 aromatic rings. The molecule has 0 bridgehead atoms. The molecular formula is C19H20O5. The molecule has 2 rings (SSSR count). The van der Waals surface area contributed by atoms with Gasteiger partial charge in [-0.05, 0) is 31.5 Å². The van der Waals surface area contributed by atoms with Gasteiger partial charge in [-0.15, -0.1) is 0 Å². The van der Waals surface area contributed by atoms with E-state index in [2.05, 4.69) is 0 Å². The van der Waals surface area contributed by atoms with Gasteiger partial charge in [0.1, 0.15) is 18.1 Å². The van der Waals surface area contributed by atoms with Crippen molar-refractivity contribution in [2.45, 2.75) is 26.6 Å². The number of hydrogen-bond acceptors (Lipinski definition) is 5. The number of carbonyl (C=O) groups is 2. The summed E-state index contributed by atoms with van der Waals surface area (Å²) in [5.74, 6) is 0.358. The Hall–Kier alpha value is -2.82. The lowest BCUT2D eigenvalue weighted by molar-refractivity contribution is -0.150. The Kier molecular flexibility index (Phi) is 6.37. The molecule has 0 aliphatic rings. The lowest BCUT2D eigenvalue weighted by Crippen LogP contribution is -2.26. The van der Waals surface area contributed by atoms with Gasteiger partial charge in [0.25, 0.3) is 0 Å². The lowest BCUT2D eigenvalue weighted by atomic mass is 10.2. The Morgan fingerprint density at radius 2 is 1.92 bits per heavy atom. The number of rotatable bonds is 8. The third-order valence-corrected chi connectivity index (χ3v) is 3.28. The van der Waals surface area contributed by atoms with Crippen LogP contribution in [0, 0.1) is 0 Å². The second-order valence-corrected chi connectivity index (χ2v) is 5.10. The van der Waals surface area contributed by atoms with Crippen LogP contribution >= 0.6 is 0 Å². The molecular weight excluding hydrogens is 308 g/mol. The van der Waals surface area contributed by atoms with E-state index in [1.54, 1.807) is 32.0 Å². The summed E-state index contributed by atoms with van der Waals surface area (Å²) < 4.78 is 16.2. The van der Waals surface area contributed by atoms with Crippen LogP contribution < -0.4 is 9.47 Å². The van der Waals surface area contributed by atoms with Gasteiger partial charge in [-0.3, -0.25) is 4.79 Å². The number of esters is 1. The smallest absolute Gasteiger partial charge is 0.347 e. The van der Waals surface area contributed by atoms with E-state index in [1.807, 2.05) is 30.3 Å². The van der Waals surface area contributed by atoms with Crippen LogP contribution in [0.1, 0.15) is 29.8 Å². The van der Waals surface area contributed by atoms with Crippen molar-refractivity contribution < 1.29 is 23.8 Å². The monoisotopic (exact) mass is 328 g/mol. The minimum absolute atomic E-state index is 0.271. The van der Waals surface area contributed by atoms with E-state index in [0.29, 0.717) is 24.2 Å². The van der Waals surface area contributed by atoms with Gasteiger partial charge in [-0.25, -0.2) is 4.79 Å². The van der Waals surface area contributed by atoms with Crippen LogP contribution in [0.15, 0.2) is 48.5 Å². The van der Waals surface area contributed by atoms with E-state index < -0.39 is 12.1 Å². The summed E-state index contributed by atoms with van der Waals surface area (Å²) in [6, 6.07) is 14.6. The third kappa shape index (κ3) is 4.84. The zero-order valence-electron chi connectivity index (χ0n) is 13.7. The highest BCUT2D eigenvalue weighted by Gasteiger charge is 2.18. The maximum atomic E-state index is 11.7. The van der Waals surface area contributed by atoms with Crippen LogP contribution in [0.4, 0.5) is 0 Å². The van der Waals surface area contributed by atoms with Gasteiger partial charge >= 0.3 is 5.97 Å². The molecule has 0 aliphatic carbocycles. The van der Waals surface area contributed by atoms with E-state index in [9.17, 15) is 9.59 Å². The standard InChI is InChI=1S/C19H20O5/c1-3-22-19(21)14(2)24-18-11-17(10-9-16(18)12-20)23-13-15-7-5-4-6-8-15/h4-12,14H,3,13H2,1-2H3. The maximum absolute atomic E-state index is 11.7. The van der Waals surface area contributed by atoms with Gasteiger partial charge < -0.3 is 14.2 Å². The number of aldehydes is 1. The molecule has 0 aromatic heterocycles. The fourth-order valence-electron chi connectivity index (χ4n) is 2.04. The van der Waals surface area contributed by atoms with Crippen molar-refractivity contribution in [1.29, 1.82) is 0 Å². The van der Waals surface area contributed by atoms with Gasteiger partial charge in [-0.1, -0.05) is 30.3 Å². The zero-order chi connectivity index (χ0) is 17.4. The number of hydrogen-bond donors (Lipinski definition) is 0. The van der Waals surface area contributed by atoms with Crippen LogP contribution in [-0.4, -0.2) is 25.0 Å². The summed E-state index contributed by atoms with van der Waals surface area (Å²) in [5, 5.41) is 0. The van der Waals surface area contributed by atoms with Crippen molar-refractivity contribution in [3.05, 3.63) is 59.7 Å². The molecule has 5 nitrogen and oxygen atoms in total. The van der Waals surface area contributed by atoms with Crippen LogP contribution in [0.2, 0.25) is 0 Å². The Morgan fingerprint density at radius 1 is 1.17 bits per heavy atom. The summed E-state index contributed by atoms with van der Waals surface area (Å²) in [4.78, 5) is 22.8. The van der Waals surface area contributed by atoms with Crippen molar-refractivity contribution in [2.75, 3.05) is 6.61 Å². The normalized spacial score (nSPS) is 11.4. The molecule has 0 heterocycles. The molecule has 1 atom stereocenters. The lowest BCUT2D eigenvalue weighted by Gasteiger charge is -2.16. The van der Waals surface area contributed by atoms with Crippen molar-refractivity contribution >= 4 is 12.3 Å². The Labute approximate surface area is 141 Å². The average Bonchev–Trinajstić information content (AvgIpc) is 2.61. The molecule has 0 fully saturated rings. The minimum Gasteiger partial charge on any atom is -0.489 e. The first-order valence-electron chi connectivity index (χ1n) is 7.73. The summed E-state index contributed by atoms with van der Waals surface area (Å²) >= 11 is 0. The van der Waals surface area contributed by atoms with Crippen LogP contribution in [-0.2, 0) is 16.1 Å². The molecule has 2 aromatic carbocycles. The van der Waals surface area contributed by atoms with Crippen molar-refractivity contribution in [3.63, 3.8) is 0 Å². The fourth-order valence-corrected chi connectivity index (χ4v) is 2.04. The predicted octanol–water partition coefficient (Wildman–Crippen LogP) is 3.41. The number of carbonyl (C=O) groups excluding carboxylic acids is 2. The van der Waals surface area contributed by atoms with E-state index >= 15 is 0 Å². The highest BCUT2D eigenvalue weighted by molar-refractivity contribution is 5.80.